The summed E-state index contributed by atoms with van der Waals surface area (Å²) in [5, 5.41) is 0. The third kappa shape index (κ3) is 4.53. The Kier molecular flexibility index (Phi) is 4.72. The van der Waals surface area contributed by atoms with Gasteiger partial charge in [-0.1, -0.05) is 26.8 Å². The topological polar surface area (TPSA) is 26.0 Å². The Balaban J connectivity index is 3.13. The fraction of sp³-hybridized carbons (Fsp3) is 0.538. The molecule has 0 unspecified atom stereocenters. The minimum atomic E-state index is -4.32. The summed E-state index contributed by atoms with van der Waals surface area (Å²) < 4.78 is 38.7. The van der Waals surface area contributed by atoms with Gasteiger partial charge in [-0.2, -0.15) is 13.2 Å². The molecular formula is C13H18F3NS. The van der Waals surface area contributed by atoms with Crippen LogP contribution >= 0.6 is 11.8 Å². The summed E-state index contributed by atoms with van der Waals surface area (Å²) in [6.07, 6.45) is -4.08. The largest absolute Gasteiger partial charge is 0.416 e. The Morgan fingerprint density at radius 1 is 1.17 bits per heavy atom. The molecule has 1 aromatic carbocycles. The second-order valence-electron chi connectivity index (χ2n) is 5.07. The number of hydrogen-bond acceptors (Lipinski definition) is 2. The van der Waals surface area contributed by atoms with Crippen molar-refractivity contribution in [2.45, 2.75) is 43.0 Å². The number of halogens is 3. The van der Waals surface area contributed by atoms with Gasteiger partial charge in [0.2, 0.25) is 0 Å². The van der Waals surface area contributed by atoms with Crippen LogP contribution in [0.25, 0.3) is 0 Å². The molecule has 5 heteroatoms. The number of rotatable bonds is 3. The predicted octanol–water partition coefficient (Wildman–Crippen LogP) is 4.10. The summed E-state index contributed by atoms with van der Waals surface area (Å²) in [7, 11) is 0. The van der Waals surface area contributed by atoms with Crippen LogP contribution in [0, 0.1) is 0 Å². The Hall–Kier alpha value is -0.680. The van der Waals surface area contributed by atoms with Gasteiger partial charge in [0.1, 0.15) is 0 Å². The Bertz CT molecular complexity index is 408. The molecule has 0 saturated heterocycles. The molecule has 0 aliphatic heterocycles. The molecule has 1 rings (SSSR count). The molecule has 0 radical (unpaired) electrons. The molecule has 102 valence electrons. The molecule has 1 nitrogen and oxygen atoms in total. The zero-order chi connectivity index (χ0) is 14.0. The Morgan fingerprint density at radius 2 is 1.78 bits per heavy atom. The van der Waals surface area contributed by atoms with Crippen LogP contribution in [-0.4, -0.2) is 11.3 Å². The van der Waals surface area contributed by atoms with E-state index in [9.17, 15) is 13.2 Å². The molecule has 0 atom stereocenters. The van der Waals surface area contributed by atoms with Crippen LogP contribution in [0.4, 0.5) is 13.2 Å². The van der Waals surface area contributed by atoms with E-state index in [-0.39, 0.29) is 23.3 Å². The summed E-state index contributed by atoms with van der Waals surface area (Å²) in [5.74, 6) is 0. The SMILES string of the molecule is CC(C)(C)Sc1ccc(CCN)c(C(F)(F)F)c1. The lowest BCUT2D eigenvalue weighted by molar-refractivity contribution is -0.138. The summed E-state index contributed by atoms with van der Waals surface area (Å²) in [5.41, 5.74) is 5.04. The first-order chi connectivity index (χ1) is 8.13. The monoisotopic (exact) mass is 277 g/mol. The van der Waals surface area contributed by atoms with Crippen molar-refractivity contribution in [3.05, 3.63) is 29.3 Å². The van der Waals surface area contributed by atoms with Crippen molar-refractivity contribution in [2.75, 3.05) is 6.54 Å². The summed E-state index contributed by atoms with van der Waals surface area (Å²) in [4.78, 5) is 0.635. The van der Waals surface area contributed by atoms with Gasteiger partial charge in [0.25, 0.3) is 0 Å². The smallest absolute Gasteiger partial charge is 0.330 e. The lowest BCUT2D eigenvalue weighted by atomic mass is 10.0. The summed E-state index contributed by atoms with van der Waals surface area (Å²) in [6.45, 7) is 6.13. The minimum absolute atomic E-state index is 0.113. The van der Waals surface area contributed by atoms with E-state index in [2.05, 4.69) is 0 Å². The maximum absolute atomic E-state index is 12.9. The fourth-order valence-electron chi connectivity index (χ4n) is 1.61. The molecule has 1 aromatic rings. The maximum atomic E-state index is 12.9. The highest BCUT2D eigenvalue weighted by Crippen LogP contribution is 2.38. The van der Waals surface area contributed by atoms with Crippen LogP contribution in [0.5, 0.6) is 0 Å². The summed E-state index contributed by atoms with van der Waals surface area (Å²) >= 11 is 1.43. The molecule has 0 spiro atoms. The van der Waals surface area contributed by atoms with Gasteiger partial charge in [-0.3, -0.25) is 0 Å². The van der Waals surface area contributed by atoms with Gasteiger partial charge in [-0.25, -0.2) is 0 Å². The third-order valence-electron chi connectivity index (χ3n) is 2.22. The van der Waals surface area contributed by atoms with E-state index in [1.54, 1.807) is 6.07 Å². The highest BCUT2D eigenvalue weighted by Gasteiger charge is 2.33. The normalized spacial score (nSPS) is 12.8. The van der Waals surface area contributed by atoms with E-state index >= 15 is 0 Å². The van der Waals surface area contributed by atoms with Crippen molar-refractivity contribution < 1.29 is 13.2 Å². The van der Waals surface area contributed by atoms with Crippen molar-refractivity contribution in [1.82, 2.24) is 0 Å². The number of hydrogen-bond donors (Lipinski definition) is 1. The fourth-order valence-corrected chi connectivity index (χ4v) is 2.63. The van der Waals surface area contributed by atoms with Crippen molar-refractivity contribution in [3.8, 4) is 0 Å². The van der Waals surface area contributed by atoms with Gasteiger partial charge in [0.15, 0.2) is 0 Å². The molecule has 0 saturated carbocycles. The third-order valence-corrected chi connectivity index (χ3v) is 3.33. The Labute approximate surface area is 110 Å². The lowest BCUT2D eigenvalue weighted by Gasteiger charge is -2.20. The van der Waals surface area contributed by atoms with Crippen LogP contribution in [0.2, 0.25) is 0 Å². The Morgan fingerprint density at radius 3 is 2.22 bits per heavy atom. The average Bonchev–Trinajstić information content (AvgIpc) is 2.16. The highest BCUT2D eigenvalue weighted by atomic mass is 32.2. The van der Waals surface area contributed by atoms with Crippen LogP contribution < -0.4 is 5.73 Å². The standard InChI is InChI=1S/C13H18F3NS/c1-12(2,3)18-10-5-4-9(6-7-17)11(8-10)13(14,15)16/h4-5,8H,6-7,17H2,1-3H3. The first kappa shape index (κ1) is 15.4. The molecular weight excluding hydrogens is 259 g/mol. The van der Waals surface area contributed by atoms with E-state index in [4.69, 9.17) is 5.73 Å². The zero-order valence-corrected chi connectivity index (χ0v) is 11.6. The second-order valence-corrected chi connectivity index (χ2v) is 6.97. The molecule has 2 N–H and O–H groups in total. The molecule has 0 aliphatic rings. The zero-order valence-electron chi connectivity index (χ0n) is 10.8. The molecule has 0 bridgehead atoms. The van der Waals surface area contributed by atoms with Crippen LogP contribution in [0.15, 0.2) is 23.1 Å². The van der Waals surface area contributed by atoms with Gasteiger partial charge >= 0.3 is 6.18 Å². The van der Waals surface area contributed by atoms with E-state index < -0.39 is 11.7 Å². The van der Waals surface area contributed by atoms with Crippen molar-refractivity contribution >= 4 is 11.8 Å². The van der Waals surface area contributed by atoms with Crippen molar-refractivity contribution in [3.63, 3.8) is 0 Å². The second kappa shape index (κ2) is 5.53. The number of alkyl halides is 3. The first-order valence-electron chi connectivity index (χ1n) is 5.73. The van der Waals surface area contributed by atoms with Crippen molar-refractivity contribution in [1.29, 1.82) is 0 Å². The van der Waals surface area contributed by atoms with Gasteiger partial charge in [-0.15, -0.1) is 11.8 Å². The van der Waals surface area contributed by atoms with Gasteiger partial charge in [0.05, 0.1) is 5.56 Å². The van der Waals surface area contributed by atoms with Crippen LogP contribution in [0.1, 0.15) is 31.9 Å². The van der Waals surface area contributed by atoms with Gasteiger partial charge < -0.3 is 5.73 Å². The van der Waals surface area contributed by atoms with E-state index in [1.165, 1.54) is 23.9 Å². The predicted molar refractivity (Wildman–Crippen MR) is 69.8 cm³/mol. The number of nitrogens with two attached hydrogens (primary N) is 1. The molecule has 0 fully saturated rings. The van der Waals surface area contributed by atoms with E-state index in [0.717, 1.165) is 0 Å². The quantitative estimate of drug-likeness (QED) is 0.842. The molecule has 0 aliphatic carbocycles. The van der Waals surface area contributed by atoms with Gasteiger partial charge in [-0.05, 0) is 30.7 Å². The van der Waals surface area contributed by atoms with Crippen LogP contribution in [-0.2, 0) is 12.6 Å². The molecule has 18 heavy (non-hydrogen) atoms. The maximum Gasteiger partial charge on any atom is 0.416 e. The van der Waals surface area contributed by atoms with Crippen LogP contribution in [0.3, 0.4) is 0 Å². The van der Waals surface area contributed by atoms with Gasteiger partial charge in [0, 0.05) is 9.64 Å². The highest BCUT2D eigenvalue weighted by molar-refractivity contribution is 8.00. The molecule has 0 aromatic heterocycles. The van der Waals surface area contributed by atoms with E-state index in [0.29, 0.717) is 4.90 Å². The molecule has 0 amide bonds. The first-order valence-corrected chi connectivity index (χ1v) is 6.54. The minimum Gasteiger partial charge on any atom is -0.330 e. The van der Waals surface area contributed by atoms with E-state index in [1.807, 2.05) is 20.8 Å². The number of benzene rings is 1. The lowest BCUT2D eigenvalue weighted by Crippen LogP contribution is -2.13. The summed E-state index contributed by atoms with van der Waals surface area (Å²) in [6, 6.07) is 4.49. The number of thioether (sulfide) groups is 1. The van der Waals surface area contributed by atoms with Crippen molar-refractivity contribution in [2.24, 2.45) is 5.73 Å². The average molecular weight is 277 g/mol. The molecule has 0 heterocycles.